The van der Waals surface area contributed by atoms with E-state index in [1.807, 2.05) is 71.9 Å². The lowest BCUT2D eigenvalue weighted by molar-refractivity contribution is -0.539. The number of hydrogen-bond donors (Lipinski definition) is 3. The molecule has 0 saturated carbocycles. The van der Waals surface area contributed by atoms with Gasteiger partial charge in [0, 0.05) is 36.5 Å². The van der Waals surface area contributed by atoms with E-state index in [1.54, 1.807) is 36.4 Å². The summed E-state index contributed by atoms with van der Waals surface area (Å²) in [6.45, 7) is 5.87. The number of rotatable bonds is 12. The van der Waals surface area contributed by atoms with Crippen molar-refractivity contribution in [2.75, 3.05) is 18.0 Å². The summed E-state index contributed by atoms with van der Waals surface area (Å²) in [6, 6.07) is 25.9. The lowest BCUT2D eigenvalue weighted by Crippen LogP contribution is -2.22. The summed E-state index contributed by atoms with van der Waals surface area (Å²) in [5, 5.41) is 0. The van der Waals surface area contributed by atoms with E-state index in [4.69, 9.17) is 0 Å². The van der Waals surface area contributed by atoms with Gasteiger partial charge in [0.25, 0.3) is 30.4 Å². The van der Waals surface area contributed by atoms with Gasteiger partial charge in [0.1, 0.15) is 6.54 Å². The molecular formula is C37H37N2O9S3+. The van der Waals surface area contributed by atoms with Crippen LogP contribution in [0.15, 0.2) is 142 Å². The topological polar surface area (TPSA) is 169 Å². The number of benzene rings is 4. The second-order valence-electron chi connectivity index (χ2n) is 11.7. The Morgan fingerprint density at radius 3 is 1.65 bits per heavy atom. The largest absolute Gasteiger partial charge is 0.367 e. The van der Waals surface area contributed by atoms with Gasteiger partial charge < -0.3 is 4.90 Å². The molecule has 0 aliphatic heterocycles. The summed E-state index contributed by atoms with van der Waals surface area (Å²) in [6.07, 6.45) is 7.62. The van der Waals surface area contributed by atoms with E-state index in [0.29, 0.717) is 48.4 Å². The lowest BCUT2D eigenvalue weighted by Gasteiger charge is -2.24. The first kappa shape index (κ1) is 37.6. The Bertz CT molecular complexity index is 2400. The monoisotopic (exact) mass is 749 g/mol. The number of allylic oxidation sites excluding steroid dienone is 5. The molecule has 0 amide bonds. The third-order valence-corrected chi connectivity index (χ3v) is 10.9. The molecule has 4 aromatic carbocycles. The molecule has 1 aliphatic rings. The van der Waals surface area contributed by atoms with Crippen molar-refractivity contribution in [3.05, 3.63) is 149 Å². The van der Waals surface area contributed by atoms with Crippen molar-refractivity contribution < 1.29 is 43.5 Å². The Hall–Kier alpha value is -4.70. The van der Waals surface area contributed by atoms with Crippen molar-refractivity contribution in [1.82, 2.24) is 0 Å². The van der Waals surface area contributed by atoms with Crippen LogP contribution in [0.25, 0.3) is 5.57 Å². The molecule has 0 heterocycles. The number of anilines is 1. The van der Waals surface area contributed by atoms with E-state index in [2.05, 4.69) is 0 Å². The second kappa shape index (κ2) is 15.3. The smallest absolute Gasteiger partial charge is 0.294 e. The molecule has 0 saturated heterocycles. The average molecular weight is 750 g/mol. The fourth-order valence-corrected chi connectivity index (χ4v) is 7.44. The van der Waals surface area contributed by atoms with Gasteiger partial charge in [0.15, 0.2) is 12.3 Å². The van der Waals surface area contributed by atoms with Crippen LogP contribution in [-0.2, 0) is 43.4 Å². The summed E-state index contributed by atoms with van der Waals surface area (Å²) in [5.74, 6) is 0. The van der Waals surface area contributed by atoms with Gasteiger partial charge in [-0.2, -0.15) is 25.3 Å². The van der Waals surface area contributed by atoms with Crippen molar-refractivity contribution in [2.24, 2.45) is 0 Å². The third kappa shape index (κ3) is 9.35. The zero-order valence-corrected chi connectivity index (χ0v) is 30.2. The summed E-state index contributed by atoms with van der Waals surface area (Å²) in [4.78, 5) is 1.42. The molecule has 3 N–H and O–H groups in total. The molecule has 51 heavy (non-hydrogen) atoms. The number of nitrogens with zero attached hydrogens (tertiary/aromatic N) is 2. The molecule has 14 heteroatoms. The second-order valence-corrected chi connectivity index (χ2v) is 16.0. The fourth-order valence-electron chi connectivity index (χ4n) is 5.81. The van der Waals surface area contributed by atoms with Crippen LogP contribution in [0.2, 0.25) is 0 Å². The highest BCUT2D eigenvalue weighted by atomic mass is 32.2. The molecule has 5 rings (SSSR count). The fraction of sp³-hybridized carbons (Fsp3) is 0.162. The SMILES string of the molecule is CCN(Cc1cccc(S(=O)(=O)O)c1)c1ccc(C(=C2C=CC(=[N+](CC)Cc3cccc(S(=O)(=O)O)c3)C=C2)c2cccc(S(=O)(=O)O)c2)cc1. The van der Waals surface area contributed by atoms with E-state index in [9.17, 15) is 38.9 Å². The first-order valence-electron chi connectivity index (χ1n) is 15.9. The quantitative estimate of drug-likeness (QED) is 0.114. The summed E-state index contributed by atoms with van der Waals surface area (Å²) in [7, 11) is -13.2. The third-order valence-electron chi connectivity index (χ3n) is 8.37. The standard InChI is InChI=1S/C37H36N2O9S3/c1-3-38(25-27-8-5-11-34(22-27)49(40,41)42)32-18-14-29(15-19-32)37(31-10-7-13-36(24-31)51(46,47)48)30-16-20-33(21-17-30)39(4-2)26-28-9-6-12-35(23-28)50(43,44)45/h5-24H,3-4,25-26H2,1-2H3,(H2-,40,41,42,43,44,45,46,47,48)/p+1. The minimum absolute atomic E-state index is 0.183. The number of hydrogen-bond acceptors (Lipinski definition) is 7. The Kier molecular flexibility index (Phi) is 11.2. The summed E-state index contributed by atoms with van der Waals surface area (Å²) < 4.78 is 102. The highest BCUT2D eigenvalue weighted by Crippen LogP contribution is 2.32. The van der Waals surface area contributed by atoms with Crippen LogP contribution >= 0.6 is 0 Å². The highest BCUT2D eigenvalue weighted by Gasteiger charge is 2.19. The zero-order chi connectivity index (χ0) is 37.0. The molecule has 0 fully saturated rings. The van der Waals surface area contributed by atoms with E-state index < -0.39 is 30.4 Å². The molecular weight excluding hydrogens is 713 g/mol. The van der Waals surface area contributed by atoms with Crippen LogP contribution in [0.3, 0.4) is 0 Å². The summed E-state index contributed by atoms with van der Waals surface area (Å²) in [5.41, 5.74) is 5.85. The van der Waals surface area contributed by atoms with Gasteiger partial charge in [-0.15, -0.1) is 0 Å². The minimum atomic E-state index is -4.48. The summed E-state index contributed by atoms with van der Waals surface area (Å²) >= 11 is 0. The van der Waals surface area contributed by atoms with E-state index in [0.717, 1.165) is 22.5 Å². The van der Waals surface area contributed by atoms with E-state index in [-0.39, 0.29) is 14.7 Å². The van der Waals surface area contributed by atoms with E-state index >= 15 is 0 Å². The molecule has 0 radical (unpaired) electrons. The van der Waals surface area contributed by atoms with Crippen LogP contribution in [0.1, 0.15) is 36.1 Å². The van der Waals surface area contributed by atoms with Crippen molar-refractivity contribution in [3.63, 3.8) is 0 Å². The molecule has 0 spiro atoms. The molecule has 0 aromatic heterocycles. The molecule has 266 valence electrons. The van der Waals surface area contributed by atoms with Gasteiger partial charge >= 0.3 is 0 Å². The van der Waals surface area contributed by atoms with Gasteiger partial charge in [0.05, 0.1) is 14.7 Å². The maximum absolute atomic E-state index is 12.1. The van der Waals surface area contributed by atoms with Gasteiger partial charge in [-0.3, -0.25) is 13.7 Å². The predicted molar refractivity (Wildman–Crippen MR) is 196 cm³/mol. The molecule has 0 unspecified atom stereocenters. The maximum atomic E-state index is 12.1. The predicted octanol–water partition coefficient (Wildman–Crippen LogP) is 6.05. The van der Waals surface area contributed by atoms with Crippen LogP contribution in [0.5, 0.6) is 0 Å². The van der Waals surface area contributed by atoms with Crippen LogP contribution < -0.4 is 4.90 Å². The van der Waals surface area contributed by atoms with Crippen LogP contribution in [0.4, 0.5) is 5.69 Å². The molecule has 11 nitrogen and oxygen atoms in total. The van der Waals surface area contributed by atoms with Gasteiger partial charge in [-0.1, -0.05) is 48.5 Å². The van der Waals surface area contributed by atoms with Crippen molar-refractivity contribution in [1.29, 1.82) is 0 Å². The first-order valence-corrected chi connectivity index (χ1v) is 20.2. The van der Waals surface area contributed by atoms with Gasteiger partial charge in [-0.25, -0.2) is 4.58 Å². The normalized spacial score (nSPS) is 13.4. The van der Waals surface area contributed by atoms with E-state index in [1.165, 1.54) is 36.4 Å². The Morgan fingerprint density at radius 1 is 0.608 bits per heavy atom. The average Bonchev–Trinajstić information content (AvgIpc) is 3.10. The van der Waals surface area contributed by atoms with Crippen molar-refractivity contribution in [3.8, 4) is 0 Å². The van der Waals surface area contributed by atoms with Crippen molar-refractivity contribution >= 4 is 47.3 Å². The zero-order valence-electron chi connectivity index (χ0n) is 27.8. The molecule has 0 bridgehead atoms. The molecule has 0 atom stereocenters. The highest BCUT2D eigenvalue weighted by molar-refractivity contribution is 7.86. The lowest BCUT2D eigenvalue weighted by atomic mass is 9.90. The van der Waals surface area contributed by atoms with Gasteiger partial charge in [0.2, 0.25) is 0 Å². The Labute approximate surface area is 298 Å². The Morgan fingerprint density at radius 2 is 1.12 bits per heavy atom. The van der Waals surface area contributed by atoms with Gasteiger partial charge in [-0.05, 0) is 102 Å². The maximum Gasteiger partial charge on any atom is 0.294 e. The Balaban J connectivity index is 1.52. The molecule has 1 aliphatic carbocycles. The van der Waals surface area contributed by atoms with Crippen LogP contribution in [0, 0.1) is 0 Å². The minimum Gasteiger partial charge on any atom is -0.367 e. The van der Waals surface area contributed by atoms with Crippen LogP contribution in [-0.4, -0.2) is 62.3 Å². The van der Waals surface area contributed by atoms with Crippen molar-refractivity contribution in [2.45, 2.75) is 41.6 Å². The molecule has 4 aromatic rings. The first-order chi connectivity index (χ1) is 24.1.